The number of hydrogen-bond donors (Lipinski definition) is 1. The fraction of sp³-hybridized carbons (Fsp3) is 0.222. The molecule has 7 nitrogen and oxygen atoms in total. The zero-order valence-corrected chi connectivity index (χ0v) is 16.4. The minimum atomic E-state index is -3.66. The highest BCUT2D eigenvalue weighted by Gasteiger charge is 2.21. The van der Waals surface area contributed by atoms with E-state index in [0.29, 0.717) is 5.69 Å². The molecule has 2 rings (SSSR count). The third-order valence-electron chi connectivity index (χ3n) is 3.49. The molecule has 2 aromatic rings. The van der Waals surface area contributed by atoms with Gasteiger partial charge in [0.25, 0.3) is 0 Å². The molecule has 0 aliphatic carbocycles. The van der Waals surface area contributed by atoms with E-state index in [1.54, 1.807) is 37.3 Å². The summed E-state index contributed by atoms with van der Waals surface area (Å²) in [6, 6.07) is 12.6. The third kappa shape index (κ3) is 5.70. The highest BCUT2D eigenvalue weighted by Crippen LogP contribution is 2.24. The van der Waals surface area contributed by atoms with Gasteiger partial charge in [0.05, 0.1) is 34.8 Å². The molecule has 0 heterocycles. The quantitative estimate of drug-likeness (QED) is 0.708. The summed E-state index contributed by atoms with van der Waals surface area (Å²) in [6.45, 7) is 1.50. The van der Waals surface area contributed by atoms with Gasteiger partial charge in [-0.25, -0.2) is 13.2 Å². The second-order valence-electron chi connectivity index (χ2n) is 5.57. The van der Waals surface area contributed by atoms with Gasteiger partial charge in [-0.2, -0.15) is 0 Å². The molecule has 1 amide bonds. The SMILES string of the molecule is CCOC(=O)c1ccc(NC(=O)CN(c2ccccc2)S(C)(=O)=O)c(Cl)c1. The van der Waals surface area contributed by atoms with Crippen LogP contribution in [0.4, 0.5) is 11.4 Å². The number of anilines is 2. The molecule has 0 fully saturated rings. The number of rotatable bonds is 7. The molecule has 0 radical (unpaired) electrons. The largest absolute Gasteiger partial charge is 0.462 e. The number of benzene rings is 2. The molecule has 9 heteroatoms. The van der Waals surface area contributed by atoms with Crippen molar-refractivity contribution in [3.05, 3.63) is 59.1 Å². The average Bonchev–Trinajstić information content (AvgIpc) is 2.61. The number of hydrogen-bond acceptors (Lipinski definition) is 5. The normalized spacial score (nSPS) is 10.9. The van der Waals surface area contributed by atoms with Crippen molar-refractivity contribution in [2.75, 3.05) is 29.0 Å². The molecule has 0 saturated carbocycles. The smallest absolute Gasteiger partial charge is 0.338 e. The lowest BCUT2D eigenvalue weighted by Gasteiger charge is -2.22. The Morgan fingerprint density at radius 2 is 1.81 bits per heavy atom. The molecule has 2 aromatic carbocycles. The van der Waals surface area contributed by atoms with Gasteiger partial charge in [-0.15, -0.1) is 0 Å². The number of esters is 1. The molecule has 0 saturated heterocycles. The number of sulfonamides is 1. The van der Waals surface area contributed by atoms with Crippen molar-refractivity contribution in [1.82, 2.24) is 0 Å². The number of halogens is 1. The molecule has 0 aromatic heterocycles. The molecule has 27 heavy (non-hydrogen) atoms. The molecule has 144 valence electrons. The summed E-state index contributed by atoms with van der Waals surface area (Å²) in [5, 5.41) is 2.69. The Labute approximate surface area is 162 Å². The molecule has 0 spiro atoms. The van der Waals surface area contributed by atoms with Crippen LogP contribution in [-0.4, -0.2) is 39.7 Å². The number of carbonyl (C=O) groups is 2. The second-order valence-corrected chi connectivity index (χ2v) is 7.88. The van der Waals surface area contributed by atoms with Crippen LogP contribution >= 0.6 is 11.6 Å². The fourth-order valence-electron chi connectivity index (χ4n) is 2.27. The van der Waals surface area contributed by atoms with E-state index in [9.17, 15) is 18.0 Å². The van der Waals surface area contributed by atoms with Crippen LogP contribution in [0.3, 0.4) is 0 Å². The van der Waals surface area contributed by atoms with Crippen LogP contribution in [-0.2, 0) is 19.6 Å². The highest BCUT2D eigenvalue weighted by atomic mass is 35.5. The number of carbonyl (C=O) groups excluding carboxylic acids is 2. The predicted molar refractivity (Wildman–Crippen MR) is 105 cm³/mol. The van der Waals surface area contributed by atoms with Gasteiger partial charge in [-0.1, -0.05) is 29.8 Å². The van der Waals surface area contributed by atoms with Crippen LogP contribution in [0.15, 0.2) is 48.5 Å². The van der Waals surface area contributed by atoms with Crippen LogP contribution in [0.1, 0.15) is 17.3 Å². The lowest BCUT2D eigenvalue weighted by atomic mass is 10.2. The minimum absolute atomic E-state index is 0.138. The number of amides is 1. The van der Waals surface area contributed by atoms with Crippen molar-refractivity contribution >= 4 is 44.9 Å². The van der Waals surface area contributed by atoms with Gasteiger partial charge in [-0.05, 0) is 37.3 Å². The number of nitrogens with zero attached hydrogens (tertiary/aromatic N) is 1. The Kier molecular flexibility index (Phi) is 6.81. The summed E-state index contributed by atoms with van der Waals surface area (Å²) in [4.78, 5) is 24.1. The summed E-state index contributed by atoms with van der Waals surface area (Å²) in [6.07, 6.45) is 1.02. The lowest BCUT2D eigenvalue weighted by Crippen LogP contribution is -2.37. The van der Waals surface area contributed by atoms with Gasteiger partial charge in [0.1, 0.15) is 6.54 Å². The lowest BCUT2D eigenvalue weighted by molar-refractivity contribution is -0.114. The predicted octanol–water partition coefficient (Wildman–Crippen LogP) is 2.92. The van der Waals surface area contributed by atoms with E-state index in [-0.39, 0.29) is 22.9 Å². The Balaban J connectivity index is 2.15. The molecule has 0 atom stereocenters. The Bertz CT molecular complexity index is 932. The number of nitrogens with one attached hydrogen (secondary N) is 1. The second kappa shape index (κ2) is 8.88. The Hall–Kier alpha value is -2.58. The zero-order valence-electron chi connectivity index (χ0n) is 14.8. The maximum absolute atomic E-state index is 12.3. The maximum atomic E-state index is 12.3. The van der Waals surface area contributed by atoms with Gasteiger partial charge in [0.15, 0.2) is 0 Å². The Morgan fingerprint density at radius 1 is 1.15 bits per heavy atom. The molecule has 0 aliphatic rings. The standard InChI is InChI=1S/C18H19ClN2O5S/c1-3-26-18(23)13-9-10-16(15(19)11-13)20-17(22)12-21(27(2,24)25)14-7-5-4-6-8-14/h4-11H,3,12H2,1-2H3,(H,20,22). The van der Waals surface area contributed by atoms with Crippen molar-refractivity contribution < 1.29 is 22.7 Å². The van der Waals surface area contributed by atoms with Crippen LogP contribution in [0.2, 0.25) is 5.02 Å². The van der Waals surface area contributed by atoms with Crippen molar-refractivity contribution in [2.24, 2.45) is 0 Å². The summed E-state index contributed by atoms with van der Waals surface area (Å²) in [5.74, 6) is -1.10. The molecule has 1 N–H and O–H groups in total. The van der Waals surface area contributed by atoms with Crippen molar-refractivity contribution in [3.63, 3.8) is 0 Å². The topological polar surface area (TPSA) is 92.8 Å². The van der Waals surface area contributed by atoms with E-state index in [2.05, 4.69) is 5.32 Å². The Morgan fingerprint density at radius 3 is 2.37 bits per heavy atom. The third-order valence-corrected chi connectivity index (χ3v) is 4.94. The van der Waals surface area contributed by atoms with Crippen molar-refractivity contribution in [3.8, 4) is 0 Å². The van der Waals surface area contributed by atoms with E-state index >= 15 is 0 Å². The molecule has 0 aliphatic heterocycles. The van der Waals surface area contributed by atoms with E-state index in [4.69, 9.17) is 16.3 Å². The first-order valence-electron chi connectivity index (χ1n) is 8.01. The molecule has 0 bridgehead atoms. The zero-order chi connectivity index (χ0) is 20.0. The van der Waals surface area contributed by atoms with Crippen LogP contribution in [0, 0.1) is 0 Å². The van der Waals surface area contributed by atoms with E-state index in [1.165, 1.54) is 18.2 Å². The molecular weight excluding hydrogens is 392 g/mol. The first-order chi connectivity index (χ1) is 12.7. The summed E-state index contributed by atoms with van der Waals surface area (Å²) in [7, 11) is -3.66. The first kappa shape index (κ1) is 20.7. The van der Waals surface area contributed by atoms with Crippen molar-refractivity contribution in [1.29, 1.82) is 0 Å². The maximum Gasteiger partial charge on any atom is 0.338 e. The first-order valence-corrected chi connectivity index (χ1v) is 10.2. The van der Waals surface area contributed by atoms with Gasteiger partial charge in [0, 0.05) is 0 Å². The van der Waals surface area contributed by atoms with Gasteiger partial charge >= 0.3 is 5.97 Å². The van der Waals surface area contributed by atoms with Gasteiger partial charge in [-0.3, -0.25) is 9.10 Å². The average molecular weight is 411 g/mol. The summed E-state index contributed by atoms with van der Waals surface area (Å²) < 4.78 is 29.9. The minimum Gasteiger partial charge on any atom is -0.462 e. The van der Waals surface area contributed by atoms with Gasteiger partial charge < -0.3 is 10.1 Å². The van der Waals surface area contributed by atoms with Gasteiger partial charge in [0.2, 0.25) is 15.9 Å². The fourth-order valence-corrected chi connectivity index (χ4v) is 3.36. The summed E-state index contributed by atoms with van der Waals surface area (Å²) in [5.41, 5.74) is 0.886. The van der Waals surface area contributed by atoms with E-state index < -0.39 is 28.4 Å². The van der Waals surface area contributed by atoms with E-state index in [0.717, 1.165) is 10.6 Å². The summed E-state index contributed by atoms with van der Waals surface area (Å²) >= 11 is 6.11. The highest BCUT2D eigenvalue weighted by molar-refractivity contribution is 7.92. The number of para-hydroxylation sites is 1. The number of ether oxygens (including phenoxy) is 1. The van der Waals surface area contributed by atoms with Crippen LogP contribution in [0.25, 0.3) is 0 Å². The molecule has 0 unspecified atom stereocenters. The van der Waals surface area contributed by atoms with Crippen molar-refractivity contribution in [2.45, 2.75) is 6.92 Å². The monoisotopic (exact) mass is 410 g/mol. The van der Waals surface area contributed by atoms with Crippen LogP contribution < -0.4 is 9.62 Å². The van der Waals surface area contributed by atoms with E-state index in [1.807, 2.05) is 0 Å². The molecular formula is C18H19ClN2O5S. The van der Waals surface area contributed by atoms with Crippen LogP contribution in [0.5, 0.6) is 0 Å².